The van der Waals surface area contributed by atoms with Crippen LogP contribution in [-0.4, -0.2) is 60.1 Å². The van der Waals surface area contributed by atoms with Crippen molar-refractivity contribution in [2.75, 3.05) is 33.2 Å². The van der Waals surface area contributed by atoms with E-state index in [1.54, 1.807) is 0 Å². The van der Waals surface area contributed by atoms with Crippen LogP contribution in [-0.2, 0) is 4.79 Å². The summed E-state index contributed by atoms with van der Waals surface area (Å²) >= 11 is 0. The predicted octanol–water partition coefficient (Wildman–Crippen LogP) is 2.68. The Hall–Kier alpha value is -0.610. The molecule has 1 saturated heterocycles. The summed E-state index contributed by atoms with van der Waals surface area (Å²) < 4.78 is 0. The highest BCUT2D eigenvalue weighted by atomic mass is 16.4. The molecule has 0 aliphatic carbocycles. The highest BCUT2D eigenvalue weighted by molar-refractivity contribution is 5.69. The second kappa shape index (κ2) is 7.99. The van der Waals surface area contributed by atoms with E-state index >= 15 is 0 Å². The number of likely N-dealkylation sites (tertiary alicyclic amines) is 1. The molecule has 118 valence electrons. The van der Waals surface area contributed by atoms with Crippen molar-refractivity contribution in [3.05, 3.63) is 0 Å². The van der Waals surface area contributed by atoms with Crippen molar-refractivity contribution in [1.82, 2.24) is 9.80 Å². The zero-order chi connectivity index (χ0) is 15.2. The summed E-state index contributed by atoms with van der Waals surface area (Å²) in [6.07, 6.45) is 5.94. The minimum atomic E-state index is -0.723. The minimum Gasteiger partial charge on any atom is -0.480 e. The van der Waals surface area contributed by atoms with E-state index in [4.69, 9.17) is 5.11 Å². The van der Waals surface area contributed by atoms with E-state index in [1.807, 2.05) is 11.9 Å². The Balaban J connectivity index is 2.30. The van der Waals surface area contributed by atoms with Gasteiger partial charge in [-0.25, -0.2) is 0 Å². The lowest BCUT2D eigenvalue weighted by Crippen LogP contribution is -2.36. The molecule has 4 nitrogen and oxygen atoms in total. The maximum absolute atomic E-state index is 10.8. The van der Waals surface area contributed by atoms with E-state index < -0.39 is 5.97 Å². The summed E-state index contributed by atoms with van der Waals surface area (Å²) in [5.74, 6) is -0.723. The molecule has 0 aromatic rings. The van der Waals surface area contributed by atoms with Gasteiger partial charge >= 0.3 is 5.97 Å². The van der Waals surface area contributed by atoms with Crippen molar-refractivity contribution in [3.8, 4) is 0 Å². The first-order valence-corrected chi connectivity index (χ1v) is 7.92. The van der Waals surface area contributed by atoms with Gasteiger partial charge in [0.2, 0.25) is 0 Å². The fraction of sp³-hybridized carbons (Fsp3) is 0.938. The molecule has 0 spiro atoms. The van der Waals surface area contributed by atoms with Gasteiger partial charge in [-0.3, -0.25) is 9.69 Å². The van der Waals surface area contributed by atoms with E-state index in [0.717, 1.165) is 19.4 Å². The standard InChI is InChI=1S/C16H32N2O2/c1-16(2,3)9-6-11-18-10-5-7-14(8-12-18)17(4)13-15(19)20/h14H,5-13H2,1-4H3,(H,19,20). The molecule has 1 heterocycles. The lowest BCUT2D eigenvalue weighted by molar-refractivity contribution is -0.138. The van der Waals surface area contributed by atoms with Gasteiger partial charge < -0.3 is 10.0 Å². The molecule has 1 rings (SSSR count). The molecule has 20 heavy (non-hydrogen) atoms. The highest BCUT2D eigenvalue weighted by Crippen LogP contribution is 2.22. The number of carboxylic acids is 1. The fourth-order valence-electron chi connectivity index (χ4n) is 2.98. The summed E-state index contributed by atoms with van der Waals surface area (Å²) in [5, 5.41) is 8.88. The van der Waals surface area contributed by atoms with Crippen LogP contribution < -0.4 is 0 Å². The number of likely N-dealkylation sites (N-methyl/N-ethyl adjacent to an activating group) is 1. The Labute approximate surface area is 124 Å². The molecule has 1 unspecified atom stereocenters. The summed E-state index contributed by atoms with van der Waals surface area (Å²) in [4.78, 5) is 15.3. The molecule has 1 aliphatic rings. The Kier molecular flexibility index (Phi) is 6.96. The van der Waals surface area contributed by atoms with E-state index in [0.29, 0.717) is 11.5 Å². The van der Waals surface area contributed by atoms with Gasteiger partial charge in [0.15, 0.2) is 0 Å². The minimum absolute atomic E-state index is 0.161. The van der Waals surface area contributed by atoms with Crippen molar-refractivity contribution >= 4 is 5.97 Å². The molecule has 1 N–H and O–H groups in total. The van der Waals surface area contributed by atoms with Crippen LogP contribution in [0, 0.1) is 5.41 Å². The van der Waals surface area contributed by atoms with E-state index in [-0.39, 0.29) is 6.54 Å². The number of aliphatic carboxylic acids is 1. The number of rotatable bonds is 6. The molecular weight excluding hydrogens is 252 g/mol. The summed E-state index contributed by atoms with van der Waals surface area (Å²) in [7, 11) is 1.94. The zero-order valence-corrected chi connectivity index (χ0v) is 13.7. The average Bonchev–Trinajstić information content (AvgIpc) is 2.52. The monoisotopic (exact) mass is 284 g/mol. The number of carboxylic acid groups (broad SMARTS) is 1. The summed E-state index contributed by atoms with van der Waals surface area (Å²) in [5.41, 5.74) is 0.427. The number of hydrogen-bond donors (Lipinski definition) is 1. The summed E-state index contributed by atoms with van der Waals surface area (Å²) in [6.45, 7) is 10.5. The molecule has 0 radical (unpaired) electrons. The van der Waals surface area contributed by atoms with Crippen LogP contribution >= 0.6 is 0 Å². The second-order valence-corrected chi connectivity index (χ2v) is 7.40. The Bertz CT molecular complexity index is 299. The van der Waals surface area contributed by atoms with Crippen LogP contribution in [0.1, 0.15) is 52.9 Å². The van der Waals surface area contributed by atoms with Gasteiger partial charge in [0, 0.05) is 6.04 Å². The molecule has 0 bridgehead atoms. The summed E-state index contributed by atoms with van der Waals surface area (Å²) in [6, 6.07) is 0.429. The molecule has 0 aromatic heterocycles. The smallest absolute Gasteiger partial charge is 0.317 e. The van der Waals surface area contributed by atoms with Gasteiger partial charge in [-0.2, -0.15) is 0 Å². The quantitative estimate of drug-likeness (QED) is 0.814. The third-order valence-electron chi connectivity index (χ3n) is 4.20. The number of nitrogens with zero attached hydrogens (tertiary/aromatic N) is 2. The zero-order valence-electron chi connectivity index (χ0n) is 13.7. The molecule has 1 fully saturated rings. The number of carbonyl (C=O) groups is 1. The van der Waals surface area contributed by atoms with Crippen LogP contribution in [0.5, 0.6) is 0 Å². The lowest BCUT2D eigenvalue weighted by Gasteiger charge is -2.26. The van der Waals surface area contributed by atoms with Gasteiger partial charge in [-0.05, 0) is 64.2 Å². The first-order chi connectivity index (χ1) is 9.28. The van der Waals surface area contributed by atoms with Crippen LogP contribution in [0.3, 0.4) is 0 Å². The Morgan fingerprint density at radius 1 is 1.30 bits per heavy atom. The van der Waals surface area contributed by atoms with E-state index in [1.165, 1.54) is 32.4 Å². The van der Waals surface area contributed by atoms with Gasteiger partial charge in [0.25, 0.3) is 0 Å². The maximum Gasteiger partial charge on any atom is 0.317 e. The maximum atomic E-state index is 10.8. The highest BCUT2D eigenvalue weighted by Gasteiger charge is 2.21. The second-order valence-electron chi connectivity index (χ2n) is 7.40. The largest absolute Gasteiger partial charge is 0.480 e. The van der Waals surface area contributed by atoms with Crippen molar-refractivity contribution in [2.45, 2.75) is 58.9 Å². The first-order valence-electron chi connectivity index (χ1n) is 7.92. The Morgan fingerprint density at radius 2 is 2.00 bits per heavy atom. The molecule has 0 aromatic carbocycles. The molecule has 4 heteroatoms. The van der Waals surface area contributed by atoms with Crippen molar-refractivity contribution < 1.29 is 9.90 Å². The SMILES string of the molecule is CN(CC(=O)O)C1CCCN(CCCC(C)(C)C)CC1. The molecular formula is C16H32N2O2. The third-order valence-corrected chi connectivity index (χ3v) is 4.20. The third kappa shape index (κ3) is 7.25. The molecule has 0 amide bonds. The topological polar surface area (TPSA) is 43.8 Å². The molecule has 1 atom stereocenters. The van der Waals surface area contributed by atoms with E-state index in [2.05, 4.69) is 25.7 Å². The lowest BCUT2D eigenvalue weighted by atomic mass is 9.90. The van der Waals surface area contributed by atoms with E-state index in [9.17, 15) is 4.79 Å². The Morgan fingerprint density at radius 3 is 2.60 bits per heavy atom. The van der Waals surface area contributed by atoms with Crippen molar-refractivity contribution in [2.24, 2.45) is 5.41 Å². The van der Waals surface area contributed by atoms with Crippen LogP contribution in [0.25, 0.3) is 0 Å². The van der Waals surface area contributed by atoms with Crippen LogP contribution in [0.4, 0.5) is 0 Å². The van der Waals surface area contributed by atoms with Crippen LogP contribution in [0.15, 0.2) is 0 Å². The average molecular weight is 284 g/mol. The van der Waals surface area contributed by atoms with Gasteiger partial charge in [-0.1, -0.05) is 20.8 Å². The van der Waals surface area contributed by atoms with Gasteiger partial charge in [0.05, 0.1) is 6.54 Å². The number of hydrogen-bond acceptors (Lipinski definition) is 3. The normalized spacial score (nSPS) is 21.9. The van der Waals surface area contributed by atoms with Crippen LogP contribution in [0.2, 0.25) is 0 Å². The van der Waals surface area contributed by atoms with Crippen molar-refractivity contribution in [3.63, 3.8) is 0 Å². The predicted molar refractivity (Wildman–Crippen MR) is 83.0 cm³/mol. The fourth-order valence-corrected chi connectivity index (χ4v) is 2.98. The molecule has 0 saturated carbocycles. The van der Waals surface area contributed by atoms with Gasteiger partial charge in [-0.15, -0.1) is 0 Å². The first kappa shape index (κ1) is 17.4. The molecule has 1 aliphatic heterocycles. The van der Waals surface area contributed by atoms with Gasteiger partial charge in [0.1, 0.15) is 0 Å². The van der Waals surface area contributed by atoms with Crippen molar-refractivity contribution in [1.29, 1.82) is 0 Å².